The molecule has 1 N–H and O–H groups in total. The zero-order valence-corrected chi connectivity index (χ0v) is 12.7. The SMILES string of the molecule is Cc1cc(Br)c(NC(C)c2ccccn2)cc1[N+](=O)[O-]. The molecule has 0 bridgehead atoms. The van der Waals surface area contributed by atoms with E-state index in [9.17, 15) is 10.1 Å². The van der Waals surface area contributed by atoms with Crippen LogP contribution in [0.4, 0.5) is 11.4 Å². The van der Waals surface area contributed by atoms with Gasteiger partial charge in [0.1, 0.15) is 0 Å². The number of hydrogen-bond acceptors (Lipinski definition) is 4. The quantitative estimate of drug-likeness (QED) is 0.670. The summed E-state index contributed by atoms with van der Waals surface area (Å²) < 4.78 is 0.795. The van der Waals surface area contributed by atoms with E-state index in [1.807, 2.05) is 25.1 Å². The van der Waals surface area contributed by atoms with Crippen molar-refractivity contribution in [3.63, 3.8) is 0 Å². The maximum absolute atomic E-state index is 11.0. The standard InChI is InChI=1S/C14H14BrN3O2/c1-9-7-11(15)13(8-14(9)18(19)20)17-10(2)12-5-3-4-6-16-12/h3-8,10,17H,1-2H3. The maximum Gasteiger partial charge on any atom is 0.274 e. The lowest BCUT2D eigenvalue weighted by molar-refractivity contribution is -0.385. The Balaban J connectivity index is 2.29. The molecule has 0 aliphatic rings. The molecular formula is C14H14BrN3O2. The molecule has 0 fully saturated rings. The van der Waals surface area contributed by atoms with Crippen molar-refractivity contribution < 1.29 is 4.92 Å². The monoisotopic (exact) mass is 335 g/mol. The first-order valence-corrected chi connectivity index (χ1v) is 6.90. The van der Waals surface area contributed by atoms with Gasteiger partial charge >= 0.3 is 0 Å². The second kappa shape index (κ2) is 6.00. The van der Waals surface area contributed by atoms with E-state index in [1.165, 1.54) is 0 Å². The molecule has 104 valence electrons. The molecule has 6 heteroatoms. The number of nitrogens with one attached hydrogen (secondary N) is 1. The molecule has 1 aromatic heterocycles. The topological polar surface area (TPSA) is 68.1 Å². The zero-order valence-electron chi connectivity index (χ0n) is 11.1. The first kappa shape index (κ1) is 14.5. The first-order valence-electron chi connectivity index (χ1n) is 6.11. The third-order valence-electron chi connectivity index (χ3n) is 2.99. The van der Waals surface area contributed by atoms with Gasteiger partial charge in [-0.1, -0.05) is 6.07 Å². The molecule has 20 heavy (non-hydrogen) atoms. The van der Waals surface area contributed by atoms with Gasteiger partial charge in [-0.3, -0.25) is 15.1 Å². The van der Waals surface area contributed by atoms with E-state index in [4.69, 9.17) is 0 Å². The maximum atomic E-state index is 11.0. The predicted octanol–water partition coefficient (Wildman–Crippen LogP) is 4.23. The molecule has 0 aliphatic carbocycles. The number of rotatable bonds is 4. The summed E-state index contributed by atoms with van der Waals surface area (Å²) in [7, 11) is 0. The van der Waals surface area contributed by atoms with Crippen LogP contribution in [0.5, 0.6) is 0 Å². The molecule has 0 saturated carbocycles. The Morgan fingerprint density at radius 2 is 2.15 bits per heavy atom. The van der Waals surface area contributed by atoms with E-state index in [2.05, 4.69) is 26.2 Å². The number of hydrogen-bond donors (Lipinski definition) is 1. The number of anilines is 1. The van der Waals surface area contributed by atoms with Crippen molar-refractivity contribution in [3.05, 3.63) is 62.4 Å². The van der Waals surface area contributed by atoms with E-state index in [1.54, 1.807) is 25.3 Å². The fraction of sp³-hybridized carbons (Fsp3) is 0.214. The molecule has 1 heterocycles. The van der Waals surface area contributed by atoms with Crippen molar-refractivity contribution in [2.24, 2.45) is 0 Å². The number of nitro groups is 1. The van der Waals surface area contributed by atoms with Gasteiger partial charge < -0.3 is 5.32 Å². The van der Waals surface area contributed by atoms with Crippen molar-refractivity contribution in [2.75, 3.05) is 5.32 Å². The summed E-state index contributed by atoms with van der Waals surface area (Å²) in [4.78, 5) is 14.9. The molecule has 2 rings (SSSR count). The average molecular weight is 336 g/mol. The Morgan fingerprint density at radius 1 is 1.40 bits per heavy atom. The number of aromatic nitrogens is 1. The number of nitro benzene ring substituents is 1. The molecule has 1 aromatic carbocycles. The second-order valence-electron chi connectivity index (χ2n) is 4.50. The van der Waals surface area contributed by atoms with Crippen LogP contribution in [0, 0.1) is 17.0 Å². The largest absolute Gasteiger partial charge is 0.376 e. The highest BCUT2D eigenvalue weighted by Gasteiger charge is 2.16. The van der Waals surface area contributed by atoms with Crippen LogP contribution < -0.4 is 5.32 Å². The number of nitrogens with zero attached hydrogens (tertiary/aromatic N) is 2. The van der Waals surface area contributed by atoms with Gasteiger partial charge in [-0.05, 0) is 48.0 Å². The van der Waals surface area contributed by atoms with E-state index in [0.717, 1.165) is 10.2 Å². The van der Waals surface area contributed by atoms with E-state index < -0.39 is 0 Å². The minimum atomic E-state index is -0.377. The molecule has 1 atom stereocenters. The third kappa shape index (κ3) is 3.14. The van der Waals surface area contributed by atoms with Crippen molar-refractivity contribution in [2.45, 2.75) is 19.9 Å². The predicted molar refractivity (Wildman–Crippen MR) is 81.8 cm³/mol. The minimum absolute atomic E-state index is 0.0465. The first-order chi connectivity index (χ1) is 9.49. The van der Waals surface area contributed by atoms with Gasteiger partial charge in [-0.15, -0.1) is 0 Å². The summed E-state index contributed by atoms with van der Waals surface area (Å²) in [6.07, 6.45) is 1.72. The van der Waals surface area contributed by atoms with Crippen LogP contribution in [-0.2, 0) is 0 Å². The average Bonchev–Trinajstić information content (AvgIpc) is 2.42. The summed E-state index contributed by atoms with van der Waals surface area (Å²) in [5.74, 6) is 0. The molecule has 0 amide bonds. The van der Waals surface area contributed by atoms with Crippen LogP contribution in [0.1, 0.15) is 24.2 Å². The third-order valence-corrected chi connectivity index (χ3v) is 3.64. The van der Waals surface area contributed by atoms with Crippen LogP contribution in [0.25, 0.3) is 0 Å². The molecule has 2 aromatic rings. The van der Waals surface area contributed by atoms with Gasteiger partial charge in [-0.2, -0.15) is 0 Å². The Bertz CT molecular complexity index is 632. The van der Waals surface area contributed by atoms with Gasteiger partial charge in [0.25, 0.3) is 5.69 Å². The molecular weight excluding hydrogens is 322 g/mol. The van der Waals surface area contributed by atoms with Gasteiger partial charge in [0, 0.05) is 22.3 Å². The zero-order chi connectivity index (χ0) is 14.7. The van der Waals surface area contributed by atoms with Crippen LogP contribution >= 0.6 is 15.9 Å². The number of benzene rings is 1. The van der Waals surface area contributed by atoms with Crippen molar-refractivity contribution in [3.8, 4) is 0 Å². The lowest BCUT2D eigenvalue weighted by atomic mass is 10.1. The van der Waals surface area contributed by atoms with Crippen molar-refractivity contribution in [1.29, 1.82) is 0 Å². The number of halogens is 1. The van der Waals surface area contributed by atoms with Gasteiger partial charge in [0.15, 0.2) is 0 Å². The lowest BCUT2D eigenvalue weighted by Crippen LogP contribution is -2.09. The smallest absolute Gasteiger partial charge is 0.274 e. The fourth-order valence-electron chi connectivity index (χ4n) is 1.91. The van der Waals surface area contributed by atoms with Gasteiger partial charge in [-0.25, -0.2) is 0 Å². The summed E-state index contributed by atoms with van der Waals surface area (Å²) in [5.41, 5.74) is 2.28. The van der Waals surface area contributed by atoms with E-state index >= 15 is 0 Å². The normalized spacial score (nSPS) is 11.9. The summed E-state index contributed by atoms with van der Waals surface area (Å²) >= 11 is 3.43. The van der Waals surface area contributed by atoms with Crippen LogP contribution in [0.2, 0.25) is 0 Å². The molecule has 1 unspecified atom stereocenters. The summed E-state index contributed by atoms with van der Waals surface area (Å²) in [5, 5.41) is 14.2. The molecule has 0 spiro atoms. The molecule has 5 nitrogen and oxygen atoms in total. The molecule has 0 radical (unpaired) electrons. The Kier molecular flexibility index (Phi) is 4.34. The molecule has 0 aliphatic heterocycles. The van der Waals surface area contributed by atoms with Crippen LogP contribution in [0.3, 0.4) is 0 Å². The highest BCUT2D eigenvalue weighted by Crippen LogP contribution is 2.32. The van der Waals surface area contributed by atoms with E-state index in [-0.39, 0.29) is 16.7 Å². The van der Waals surface area contributed by atoms with E-state index in [0.29, 0.717) is 11.3 Å². The Hall–Kier alpha value is -1.95. The lowest BCUT2D eigenvalue weighted by Gasteiger charge is -2.16. The summed E-state index contributed by atoms with van der Waals surface area (Å²) in [6.45, 7) is 3.68. The van der Waals surface area contributed by atoms with Gasteiger partial charge in [0.2, 0.25) is 0 Å². The van der Waals surface area contributed by atoms with Crippen LogP contribution in [-0.4, -0.2) is 9.91 Å². The van der Waals surface area contributed by atoms with Crippen LogP contribution in [0.15, 0.2) is 41.0 Å². The second-order valence-corrected chi connectivity index (χ2v) is 5.35. The number of pyridine rings is 1. The molecule has 0 saturated heterocycles. The number of aryl methyl sites for hydroxylation is 1. The highest BCUT2D eigenvalue weighted by atomic mass is 79.9. The summed E-state index contributed by atoms with van der Waals surface area (Å²) in [6, 6.07) is 8.91. The van der Waals surface area contributed by atoms with Gasteiger partial charge in [0.05, 0.1) is 22.3 Å². The highest BCUT2D eigenvalue weighted by molar-refractivity contribution is 9.10. The Labute approximate surface area is 125 Å². The fourth-order valence-corrected chi connectivity index (χ4v) is 2.48. The Morgan fingerprint density at radius 3 is 2.75 bits per heavy atom. The van der Waals surface area contributed by atoms with Crippen molar-refractivity contribution in [1.82, 2.24) is 4.98 Å². The van der Waals surface area contributed by atoms with Crippen molar-refractivity contribution >= 4 is 27.3 Å². The minimum Gasteiger partial charge on any atom is -0.376 e.